The summed E-state index contributed by atoms with van der Waals surface area (Å²) in [5.74, 6) is 0. The van der Waals surface area contributed by atoms with E-state index in [9.17, 15) is 0 Å². The first-order chi connectivity index (χ1) is 12.3. The van der Waals surface area contributed by atoms with Gasteiger partial charge in [-0.15, -0.1) is 11.3 Å². The molecule has 0 amide bonds. The summed E-state index contributed by atoms with van der Waals surface area (Å²) in [7, 11) is 0. The predicted octanol–water partition coefficient (Wildman–Crippen LogP) is 3.79. The zero-order valence-electron chi connectivity index (χ0n) is 14.8. The summed E-state index contributed by atoms with van der Waals surface area (Å²) in [6.07, 6.45) is 7.72. The van der Waals surface area contributed by atoms with E-state index in [1.807, 2.05) is 29.7 Å². The molecule has 0 N–H and O–H groups in total. The highest BCUT2D eigenvalue weighted by atomic mass is 32.1. The van der Waals surface area contributed by atoms with Gasteiger partial charge < -0.3 is 9.47 Å². The van der Waals surface area contributed by atoms with E-state index in [1.54, 1.807) is 6.20 Å². The normalized spacial score (nSPS) is 26.7. The van der Waals surface area contributed by atoms with Crippen LogP contribution in [0.2, 0.25) is 0 Å². The largest absolute Gasteiger partial charge is 0.374 e. The summed E-state index contributed by atoms with van der Waals surface area (Å²) >= 11 is 1.92. The van der Waals surface area contributed by atoms with Crippen LogP contribution < -0.4 is 0 Å². The van der Waals surface area contributed by atoms with Crippen LogP contribution in [0.25, 0.3) is 0 Å². The monoisotopic (exact) mass is 358 g/mol. The molecule has 3 atom stereocenters. The first-order valence-corrected chi connectivity index (χ1v) is 10.0. The minimum atomic E-state index is 0.238. The van der Waals surface area contributed by atoms with E-state index in [4.69, 9.17) is 9.47 Å². The van der Waals surface area contributed by atoms with E-state index in [1.165, 1.54) is 16.2 Å². The molecule has 0 aliphatic carbocycles. The number of aromatic nitrogens is 1. The minimum Gasteiger partial charge on any atom is -0.374 e. The summed E-state index contributed by atoms with van der Waals surface area (Å²) in [5.41, 5.74) is 1.12. The molecule has 134 valence electrons. The first kappa shape index (κ1) is 17.2. The van der Waals surface area contributed by atoms with Gasteiger partial charge in [-0.1, -0.05) is 6.07 Å². The molecule has 2 aliphatic rings. The molecule has 2 fully saturated rings. The Kier molecular flexibility index (Phi) is 5.46. The lowest BCUT2D eigenvalue weighted by atomic mass is 9.99. The lowest BCUT2D eigenvalue weighted by Crippen LogP contribution is -2.43. The van der Waals surface area contributed by atoms with E-state index < -0.39 is 0 Å². The Morgan fingerprint density at radius 2 is 2.24 bits per heavy atom. The predicted molar refractivity (Wildman–Crippen MR) is 99.7 cm³/mol. The number of nitrogens with zero attached hydrogens (tertiary/aromatic N) is 2. The van der Waals surface area contributed by atoms with Gasteiger partial charge in [0.15, 0.2) is 0 Å². The summed E-state index contributed by atoms with van der Waals surface area (Å²) in [6, 6.07) is 9.07. The molecule has 25 heavy (non-hydrogen) atoms. The Labute approximate surface area is 153 Å². The number of fused-ring (bicyclic) bond motifs is 1. The Bertz CT molecular complexity index is 675. The maximum atomic E-state index is 6.34. The molecule has 2 aromatic rings. The molecule has 5 heteroatoms. The second kappa shape index (κ2) is 7.96. The molecule has 2 aromatic heterocycles. The van der Waals surface area contributed by atoms with Crippen molar-refractivity contribution in [2.75, 3.05) is 13.2 Å². The number of likely N-dealkylation sites (tertiary alicyclic amines) is 1. The van der Waals surface area contributed by atoms with Gasteiger partial charge in [0, 0.05) is 41.3 Å². The van der Waals surface area contributed by atoms with E-state index >= 15 is 0 Å². The fourth-order valence-electron chi connectivity index (χ4n) is 3.97. The van der Waals surface area contributed by atoms with Crippen LogP contribution in [0.1, 0.15) is 34.6 Å². The highest BCUT2D eigenvalue weighted by Gasteiger charge is 2.39. The third kappa shape index (κ3) is 4.29. The molecule has 0 aromatic carbocycles. The molecular weight excluding hydrogens is 332 g/mol. The number of rotatable bonds is 6. The molecule has 0 unspecified atom stereocenters. The van der Waals surface area contributed by atoms with E-state index in [0.29, 0.717) is 25.4 Å². The van der Waals surface area contributed by atoms with Gasteiger partial charge in [0.1, 0.15) is 0 Å². The minimum absolute atomic E-state index is 0.238. The topological polar surface area (TPSA) is 34.6 Å². The highest BCUT2D eigenvalue weighted by molar-refractivity contribution is 7.11. The van der Waals surface area contributed by atoms with Crippen molar-refractivity contribution in [1.82, 2.24) is 9.88 Å². The van der Waals surface area contributed by atoms with E-state index in [2.05, 4.69) is 28.9 Å². The summed E-state index contributed by atoms with van der Waals surface area (Å²) in [4.78, 5) is 9.61. The van der Waals surface area contributed by atoms with Gasteiger partial charge in [0.05, 0.1) is 25.4 Å². The SMILES string of the molecule is Cc1ccc(CN2CC[C@@H]3O[C@H](COCc4cccnc4)CC[C@@H]32)s1. The van der Waals surface area contributed by atoms with Crippen molar-refractivity contribution in [2.45, 2.75) is 57.6 Å². The van der Waals surface area contributed by atoms with E-state index in [0.717, 1.165) is 31.5 Å². The Morgan fingerprint density at radius 1 is 1.28 bits per heavy atom. The second-order valence-electron chi connectivity index (χ2n) is 7.09. The quantitative estimate of drug-likeness (QED) is 0.787. The average Bonchev–Trinajstić information content (AvgIpc) is 3.22. The van der Waals surface area contributed by atoms with E-state index in [-0.39, 0.29) is 6.10 Å². The molecule has 0 bridgehead atoms. The molecule has 2 aliphatic heterocycles. The van der Waals surface area contributed by atoms with Crippen LogP contribution in [-0.4, -0.2) is 41.3 Å². The third-order valence-electron chi connectivity index (χ3n) is 5.20. The smallest absolute Gasteiger partial charge is 0.0813 e. The van der Waals surface area contributed by atoms with Gasteiger partial charge >= 0.3 is 0 Å². The molecular formula is C20H26N2O2S. The van der Waals surface area contributed by atoms with Crippen molar-refractivity contribution < 1.29 is 9.47 Å². The summed E-state index contributed by atoms with van der Waals surface area (Å²) < 4.78 is 12.2. The van der Waals surface area contributed by atoms with Crippen LogP contribution in [0.5, 0.6) is 0 Å². The van der Waals surface area contributed by atoms with Crippen LogP contribution in [0.15, 0.2) is 36.7 Å². The summed E-state index contributed by atoms with van der Waals surface area (Å²) in [6.45, 7) is 5.70. The molecule has 4 rings (SSSR count). The standard InChI is InChI=1S/C20H26N2O2S/c1-15-4-6-18(25-15)12-22-10-8-20-19(22)7-5-17(24-20)14-23-13-16-3-2-9-21-11-16/h2-4,6,9,11,17,19-20H,5,7-8,10,12-14H2,1H3/t17-,19-,20-/m0/s1. The van der Waals surface area contributed by atoms with Gasteiger partial charge in [-0.05, 0) is 49.9 Å². The van der Waals surface area contributed by atoms with Crippen molar-refractivity contribution in [3.63, 3.8) is 0 Å². The number of thiophene rings is 1. The number of pyridine rings is 1. The average molecular weight is 359 g/mol. The van der Waals surface area contributed by atoms with Crippen LogP contribution in [0, 0.1) is 6.92 Å². The van der Waals surface area contributed by atoms with Crippen molar-refractivity contribution in [1.29, 1.82) is 0 Å². The number of hydrogen-bond acceptors (Lipinski definition) is 5. The zero-order valence-corrected chi connectivity index (χ0v) is 15.6. The molecule has 2 saturated heterocycles. The maximum absolute atomic E-state index is 6.34. The van der Waals surface area contributed by atoms with Crippen molar-refractivity contribution in [3.8, 4) is 0 Å². The van der Waals surface area contributed by atoms with Crippen LogP contribution in [0.4, 0.5) is 0 Å². The molecule has 0 saturated carbocycles. The van der Waals surface area contributed by atoms with Crippen molar-refractivity contribution in [3.05, 3.63) is 52.0 Å². The van der Waals surface area contributed by atoms with Crippen LogP contribution in [0.3, 0.4) is 0 Å². The van der Waals surface area contributed by atoms with Gasteiger partial charge in [0.25, 0.3) is 0 Å². The zero-order chi connectivity index (χ0) is 17.1. The molecule has 0 radical (unpaired) electrons. The summed E-state index contributed by atoms with van der Waals surface area (Å²) in [5, 5.41) is 0. The van der Waals surface area contributed by atoms with Crippen LogP contribution in [-0.2, 0) is 22.6 Å². The molecule has 0 spiro atoms. The number of ether oxygens (including phenoxy) is 2. The first-order valence-electron chi connectivity index (χ1n) is 9.19. The Balaban J connectivity index is 1.24. The van der Waals surface area contributed by atoms with Crippen molar-refractivity contribution >= 4 is 11.3 Å². The molecule has 4 nitrogen and oxygen atoms in total. The fourth-order valence-corrected chi connectivity index (χ4v) is 4.88. The van der Waals surface area contributed by atoms with Gasteiger partial charge in [-0.25, -0.2) is 0 Å². The Hall–Kier alpha value is -1.27. The third-order valence-corrected chi connectivity index (χ3v) is 6.19. The number of aryl methyl sites for hydroxylation is 1. The van der Waals surface area contributed by atoms with Crippen molar-refractivity contribution in [2.24, 2.45) is 0 Å². The highest BCUT2D eigenvalue weighted by Crippen LogP contribution is 2.33. The fraction of sp³-hybridized carbons (Fsp3) is 0.550. The van der Waals surface area contributed by atoms with Crippen LogP contribution >= 0.6 is 11.3 Å². The number of hydrogen-bond donors (Lipinski definition) is 0. The Morgan fingerprint density at radius 3 is 3.04 bits per heavy atom. The van der Waals surface area contributed by atoms with Gasteiger partial charge in [-0.2, -0.15) is 0 Å². The van der Waals surface area contributed by atoms with Gasteiger partial charge in [-0.3, -0.25) is 9.88 Å². The van der Waals surface area contributed by atoms with Gasteiger partial charge in [0.2, 0.25) is 0 Å². The molecule has 4 heterocycles. The lowest BCUT2D eigenvalue weighted by Gasteiger charge is -2.35. The second-order valence-corrected chi connectivity index (χ2v) is 8.46. The maximum Gasteiger partial charge on any atom is 0.0813 e. The lowest BCUT2D eigenvalue weighted by molar-refractivity contribution is -0.102.